The van der Waals surface area contributed by atoms with Gasteiger partial charge in [0, 0.05) is 37.3 Å². The minimum Gasteiger partial charge on any atom is -0.371 e. The molecule has 0 amide bonds. The molecule has 0 saturated carbocycles. The smallest absolute Gasteiger partial charge is 0.240 e. The fourth-order valence-corrected chi connectivity index (χ4v) is 2.93. The van der Waals surface area contributed by atoms with E-state index in [-0.39, 0.29) is 6.10 Å². The highest BCUT2D eigenvalue weighted by Crippen LogP contribution is 2.18. The Bertz CT molecular complexity index is 659. The number of ether oxygens (including phenoxy) is 1. The van der Waals surface area contributed by atoms with Crippen LogP contribution < -0.4 is 4.90 Å². The van der Waals surface area contributed by atoms with E-state index in [1.807, 2.05) is 19.9 Å². The summed E-state index contributed by atoms with van der Waals surface area (Å²) in [4.78, 5) is 8.95. The fraction of sp³-hybridized carbons (Fsp3) is 0.600. The molecule has 0 N–H and O–H groups in total. The van der Waals surface area contributed by atoms with Gasteiger partial charge in [-0.25, -0.2) is 0 Å². The molecule has 1 atom stereocenters. The molecular weight excluding hydrogens is 376 g/mol. The summed E-state index contributed by atoms with van der Waals surface area (Å²) in [7, 11) is 0. The number of nitrogens with zero attached hydrogens (tertiary/aromatic N) is 6. The Morgan fingerprint density at radius 2 is 2.12 bits per heavy atom. The Morgan fingerprint density at radius 1 is 1.33 bits per heavy atom. The Morgan fingerprint density at radius 3 is 2.83 bits per heavy atom. The van der Waals surface area contributed by atoms with Crippen molar-refractivity contribution in [1.29, 1.82) is 0 Å². The third-order valence-corrected chi connectivity index (χ3v) is 4.36. The van der Waals surface area contributed by atoms with Crippen molar-refractivity contribution in [2.45, 2.75) is 26.5 Å². The van der Waals surface area contributed by atoms with Crippen molar-refractivity contribution < 1.29 is 9.26 Å². The molecule has 0 radical (unpaired) electrons. The molecule has 1 unspecified atom stereocenters. The first-order valence-corrected chi connectivity index (χ1v) is 8.84. The van der Waals surface area contributed by atoms with E-state index in [4.69, 9.17) is 9.26 Å². The maximum atomic E-state index is 5.48. The lowest BCUT2D eigenvalue weighted by Gasteiger charge is -2.34. The molecule has 130 valence electrons. The maximum Gasteiger partial charge on any atom is 0.240 e. The molecule has 0 aliphatic carbocycles. The molecular formula is C15H21BrN6O2. The number of rotatable bonds is 6. The molecule has 9 heteroatoms. The predicted molar refractivity (Wildman–Crippen MR) is 91.6 cm³/mol. The maximum absolute atomic E-state index is 5.48. The number of aromatic nitrogens is 4. The number of hydrogen-bond donors (Lipinski definition) is 0. The number of piperazine rings is 1. The van der Waals surface area contributed by atoms with Crippen LogP contribution in [0.2, 0.25) is 0 Å². The zero-order valence-corrected chi connectivity index (χ0v) is 15.4. The van der Waals surface area contributed by atoms with Crippen LogP contribution in [0.15, 0.2) is 21.3 Å². The van der Waals surface area contributed by atoms with Crippen molar-refractivity contribution in [2.75, 3.05) is 37.7 Å². The number of halogens is 1. The average Bonchev–Trinajstić information content (AvgIpc) is 3.04. The van der Waals surface area contributed by atoms with Gasteiger partial charge in [-0.05, 0) is 35.8 Å². The van der Waals surface area contributed by atoms with Gasteiger partial charge < -0.3 is 14.2 Å². The summed E-state index contributed by atoms with van der Waals surface area (Å²) in [5, 5.41) is 12.2. The minimum absolute atomic E-state index is 0.139. The lowest BCUT2D eigenvalue weighted by molar-refractivity contribution is 0.0683. The second kappa shape index (κ2) is 8.00. The van der Waals surface area contributed by atoms with E-state index in [0.29, 0.717) is 24.9 Å². The standard InChI is InChI=1S/C15H21BrN6O2/c1-3-23-11(2)15-18-14(24-20-15)10-21-4-6-22(7-5-21)13-8-12(16)9-17-19-13/h8-9,11H,3-7,10H2,1-2H3. The average molecular weight is 397 g/mol. The zero-order chi connectivity index (χ0) is 16.9. The van der Waals surface area contributed by atoms with Crippen molar-refractivity contribution in [3.63, 3.8) is 0 Å². The largest absolute Gasteiger partial charge is 0.371 e. The Hall–Kier alpha value is -1.58. The van der Waals surface area contributed by atoms with Crippen molar-refractivity contribution in [2.24, 2.45) is 0 Å². The van der Waals surface area contributed by atoms with Crippen LogP contribution in [0.25, 0.3) is 0 Å². The number of hydrogen-bond acceptors (Lipinski definition) is 8. The van der Waals surface area contributed by atoms with Gasteiger partial charge in [0.05, 0.1) is 12.7 Å². The molecule has 1 saturated heterocycles. The Kier molecular flexibility index (Phi) is 5.75. The quantitative estimate of drug-likeness (QED) is 0.733. The molecule has 1 fully saturated rings. The van der Waals surface area contributed by atoms with Gasteiger partial charge in [-0.3, -0.25) is 4.90 Å². The van der Waals surface area contributed by atoms with Crippen molar-refractivity contribution in [1.82, 2.24) is 25.2 Å². The Balaban J connectivity index is 1.52. The first-order chi connectivity index (χ1) is 11.7. The summed E-state index contributed by atoms with van der Waals surface area (Å²) in [5.74, 6) is 2.14. The molecule has 0 spiro atoms. The number of anilines is 1. The van der Waals surface area contributed by atoms with Gasteiger partial charge >= 0.3 is 0 Å². The molecule has 8 nitrogen and oxygen atoms in total. The van der Waals surface area contributed by atoms with E-state index in [1.165, 1.54) is 0 Å². The van der Waals surface area contributed by atoms with Crippen LogP contribution in [0.1, 0.15) is 31.7 Å². The van der Waals surface area contributed by atoms with Crippen LogP contribution in [0.3, 0.4) is 0 Å². The third-order valence-electron chi connectivity index (χ3n) is 3.93. The van der Waals surface area contributed by atoms with Gasteiger partial charge in [0.15, 0.2) is 11.6 Å². The molecule has 0 aromatic carbocycles. The third kappa shape index (κ3) is 4.28. The van der Waals surface area contributed by atoms with Crippen molar-refractivity contribution >= 4 is 21.7 Å². The molecule has 2 aromatic rings. The Labute approximate surface area is 149 Å². The summed E-state index contributed by atoms with van der Waals surface area (Å²) < 4.78 is 11.8. The molecule has 1 aliphatic rings. The van der Waals surface area contributed by atoms with Crippen molar-refractivity contribution in [3.05, 3.63) is 28.5 Å². The molecule has 2 aromatic heterocycles. The summed E-state index contributed by atoms with van der Waals surface area (Å²) in [5.41, 5.74) is 0. The highest BCUT2D eigenvalue weighted by atomic mass is 79.9. The van der Waals surface area contributed by atoms with E-state index in [1.54, 1.807) is 6.20 Å². The topological polar surface area (TPSA) is 80.4 Å². The van der Waals surface area contributed by atoms with Crippen LogP contribution in [-0.2, 0) is 11.3 Å². The summed E-state index contributed by atoms with van der Waals surface area (Å²) >= 11 is 3.43. The summed E-state index contributed by atoms with van der Waals surface area (Å²) in [6.45, 7) is 8.76. The van der Waals surface area contributed by atoms with E-state index in [9.17, 15) is 0 Å². The molecule has 3 heterocycles. The van der Waals surface area contributed by atoms with Gasteiger partial charge in [-0.15, -0.1) is 5.10 Å². The molecule has 1 aliphatic heterocycles. The lowest BCUT2D eigenvalue weighted by Crippen LogP contribution is -2.46. The SMILES string of the molecule is CCOC(C)c1noc(CN2CCN(c3cc(Br)cnn3)CC2)n1. The van der Waals surface area contributed by atoms with Crippen LogP contribution in [-0.4, -0.2) is 58.0 Å². The molecule has 3 rings (SSSR count). The van der Waals surface area contributed by atoms with Crippen LogP contribution in [0, 0.1) is 0 Å². The monoisotopic (exact) mass is 396 g/mol. The summed E-state index contributed by atoms with van der Waals surface area (Å²) in [6.07, 6.45) is 1.55. The van der Waals surface area contributed by atoms with Gasteiger partial charge in [0.1, 0.15) is 6.10 Å². The highest BCUT2D eigenvalue weighted by Gasteiger charge is 2.21. The van der Waals surface area contributed by atoms with Crippen LogP contribution >= 0.6 is 15.9 Å². The van der Waals surface area contributed by atoms with E-state index in [0.717, 1.165) is 36.5 Å². The lowest BCUT2D eigenvalue weighted by atomic mass is 10.3. The molecule has 24 heavy (non-hydrogen) atoms. The van der Waals surface area contributed by atoms with E-state index < -0.39 is 0 Å². The van der Waals surface area contributed by atoms with Crippen molar-refractivity contribution in [3.8, 4) is 0 Å². The van der Waals surface area contributed by atoms with Crippen LogP contribution in [0.4, 0.5) is 5.82 Å². The minimum atomic E-state index is -0.139. The first kappa shape index (κ1) is 17.2. The van der Waals surface area contributed by atoms with Gasteiger partial charge in [0.2, 0.25) is 5.89 Å². The zero-order valence-electron chi connectivity index (χ0n) is 13.9. The normalized spacial score (nSPS) is 17.2. The summed E-state index contributed by atoms with van der Waals surface area (Å²) in [6, 6.07) is 1.99. The molecule has 0 bridgehead atoms. The van der Waals surface area contributed by atoms with Gasteiger partial charge in [-0.1, -0.05) is 5.16 Å². The van der Waals surface area contributed by atoms with Gasteiger partial charge in [0.25, 0.3) is 0 Å². The van der Waals surface area contributed by atoms with E-state index >= 15 is 0 Å². The second-order valence-electron chi connectivity index (χ2n) is 5.64. The highest BCUT2D eigenvalue weighted by molar-refractivity contribution is 9.10. The second-order valence-corrected chi connectivity index (χ2v) is 6.55. The van der Waals surface area contributed by atoms with E-state index in [2.05, 4.69) is 46.1 Å². The first-order valence-electron chi connectivity index (χ1n) is 8.05. The van der Waals surface area contributed by atoms with Gasteiger partial charge in [-0.2, -0.15) is 10.1 Å². The van der Waals surface area contributed by atoms with Crippen LogP contribution in [0.5, 0.6) is 0 Å². The predicted octanol–water partition coefficient (Wildman–Crippen LogP) is 2.04. The fourth-order valence-electron chi connectivity index (χ4n) is 2.64.